The van der Waals surface area contributed by atoms with Crippen molar-refractivity contribution in [3.8, 4) is 5.75 Å². The van der Waals surface area contributed by atoms with Crippen LogP contribution in [0.1, 0.15) is 27.2 Å². The molecular weight excluding hydrogens is 268 g/mol. The summed E-state index contributed by atoms with van der Waals surface area (Å²) < 4.78 is 11.1. The van der Waals surface area contributed by atoms with E-state index >= 15 is 0 Å². The second-order valence-corrected chi connectivity index (χ2v) is 6.43. The molecule has 1 atom stereocenters. The molecular formula is C16H24N2O3. The zero-order valence-electron chi connectivity index (χ0n) is 13.0. The van der Waals surface area contributed by atoms with Crippen molar-refractivity contribution in [3.05, 3.63) is 24.3 Å². The van der Waals surface area contributed by atoms with Crippen molar-refractivity contribution in [1.82, 2.24) is 4.90 Å². The highest BCUT2D eigenvalue weighted by molar-refractivity contribution is 5.68. The van der Waals surface area contributed by atoms with E-state index in [-0.39, 0.29) is 6.09 Å². The number of nitrogen functional groups attached to an aromatic ring is 1. The molecule has 5 heteroatoms. The molecule has 21 heavy (non-hydrogen) atoms. The van der Waals surface area contributed by atoms with E-state index in [2.05, 4.69) is 0 Å². The molecule has 1 aliphatic heterocycles. The Morgan fingerprint density at radius 1 is 1.38 bits per heavy atom. The fourth-order valence-corrected chi connectivity index (χ4v) is 2.28. The van der Waals surface area contributed by atoms with E-state index in [1.54, 1.807) is 4.90 Å². The van der Waals surface area contributed by atoms with Crippen molar-refractivity contribution >= 4 is 11.8 Å². The normalized spacial score (nSPS) is 18.6. The van der Waals surface area contributed by atoms with Crippen LogP contribution in [-0.4, -0.2) is 36.3 Å². The number of carbonyl (C=O) groups excluding carboxylic acids is 1. The summed E-state index contributed by atoms with van der Waals surface area (Å²) in [6.07, 6.45) is 0.677. The van der Waals surface area contributed by atoms with Crippen molar-refractivity contribution in [2.45, 2.75) is 32.8 Å². The number of benzene rings is 1. The second-order valence-electron chi connectivity index (χ2n) is 6.43. The largest absolute Gasteiger partial charge is 0.491 e. The molecule has 0 radical (unpaired) electrons. The van der Waals surface area contributed by atoms with E-state index in [1.807, 2.05) is 45.0 Å². The number of amides is 1. The molecule has 0 aromatic heterocycles. The molecule has 2 rings (SSSR count). The average molecular weight is 292 g/mol. The molecule has 5 nitrogen and oxygen atoms in total. The van der Waals surface area contributed by atoms with Crippen LogP contribution in [-0.2, 0) is 4.74 Å². The van der Waals surface area contributed by atoms with E-state index in [0.29, 0.717) is 37.1 Å². The van der Waals surface area contributed by atoms with Gasteiger partial charge >= 0.3 is 6.09 Å². The number of carbonyl (C=O) groups is 1. The first-order valence-corrected chi connectivity index (χ1v) is 7.30. The predicted molar refractivity (Wildman–Crippen MR) is 82.3 cm³/mol. The van der Waals surface area contributed by atoms with Crippen LogP contribution in [0.5, 0.6) is 5.75 Å². The molecule has 1 heterocycles. The van der Waals surface area contributed by atoms with Gasteiger partial charge in [-0.2, -0.15) is 0 Å². The molecule has 0 aliphatic carbocycles. The van der Waals surface area contributed by atoms with Gasteiger partial charge in [-0.25, -0.2) is 4.79 Å². The van der Waals surface area contributed by atoms with Crippen LogP contribution >= 0.6 is 0 Å². The first kappa shape index (κ1) is 15.5. The van der Waals surface area contributed by atoms with E-state index < -0.39 is 5.60 Å². The summed E-state index contributed by atoms with van der Waals surface area (Å²) in [5, 5.41) is 0. The van der Waals surface area contributed by atoms with Crippen molar-refractivity contribution in [3.63, 3.8) is 0 Å². The number of hydrogen-bond acceptors (Lipinski definition) is 4. The van der Waals surface area contributed by atoms with Crippen LogP contribution in [0.3, 0.4) is 0 Å². The molecule has 1 aliphatic rings. The SMILES string of the molecule is CC(C)(C)OC(=O)N1CCC(COc2ccccc2N)C1. The van der Waals surface area contributed by atoms with Crippen molar-refractivity contribution in [1.29, 1.82) is 0 Å². The van der Waals surface area contributed by atoms with Gasteiger partial charge in [-0.05, 0) is 39.3 Å². The molecule has 1 unspecified atom stereocenters. The second kappa shape index (κ2) is 6.24. The Kier molecular flexibility index (Phi) is 4.60. The molecule has 116 valence electrons. The summed E-state index contributed by atoms with van der Waals surface area (Å²) in [6.45, 7) is 7.57. The van der Waals surface area contributed by atoms with E-state index in [9.17, 15) is 4.79 Å². The van der Waals surface area contributed by atoms with Crippen LogP contribution in [0.4, 0.5) is 10.5 Å². The van der Waals surface area contributed by atoms with Crippen LogP contribution in [0.25, 0.3) is 0 Å². The summed E-state index contributed by atoms with van der Waals surface area (Å²) >= 11 is 0. The summed E-state index contributed by atoms with van der Waals surface area (Å²) in [5.74, 6) is 1.02. The van der Waals surface area contributed by atoms with Gasteiger partial charge in [0.25, 0.3) is 0 Å². The van der Waals surface area contributed by atoms with Crippen LogP contribution in [0.2, 0.25) is 0 Å². The quantitative estimate of drug-likeness (QED) is 0.870. The van der Waals surface area contributed by atoms with Gasteiger partial charge in [0.05, 0.1) is 12.3 Å². The maximum Gasteiger partial charge on any atom is 0.410 e. The van der Waals surface area contributed by atoms with E-state index in [1.165, 1.54) is 0 Å². The van der Waals surface area contributed by atoms with Gasteiger partial charge < -0.3 is 20.1 Å². The maximum atomic E-state index is 12.0. The van der Waals surface area contributed by atoms with Crippen LogP contribution in [0, 0.1) is 5.92 Å². The molecule has 1 saturated heterocycles. The Morgan fingerprint density at radius 2 is 2.10 bits per heavy atom. The highest BCUT2D eigenvalue weighted by Crippen LogP contribution is 2.24. The third-order valence-corrected chi connectivity index (χ3v) is 3.33. The number of anilines is 1. The number of hydrogen-bond donors (Lipinski definition) is 1. The van der Waals surface area contributed by atoms with Crippen molar-refractivity contribution in [2.24, 2.45) is 5.92 Å². The molecule has 1 amide bonds. The van der Waals surface area contributed by atoms with Gasteiger partial charge in [0.15, 0.2) is 0 Å². The first-order valence-electron chi connectivity index (χ1n) is 7.30. The Bertz CT molecular complexity index is 497. The Balaban J connectivity index is 1.80. The number of rotatable bonds is 3. The standard InChI is InChI=1S/C16H24N2O3/c1-16(2,3)21-15(19)18-9-8-12(10-18)11-20-14-7-5-4-6-13(14)17/h4-7,12H,8-11,17H2,1-3H3. The fraction of sp³-hybridized carbons (Fsp3) is 0.562. The smallest absolute Gasteiger partial charge is 0.410 e. The Morgan fingerprint density at radius 3 is 2.76 bits per heavy atom. The molecule has 1 aromatic rings. The first-order chi connectivity index (χ1) is 9.85. The van der Waals surface area contributed by atoms with Gasteiger partial charge in [0.1, 0.15) is 11.4 Å². The van der Waals surface area contributed by atoms with Crippen LogP contribution in [0.15, 0.2) is 24.3 Å². The topological polar surface area (TPSA) is 64.8 Å². The van der Waals surface area contributed by atoms with Gasteiger partial charge in [-0.1, -0.05) is 12.1 Å². The molecule has 0 saturated carbocycles. The number of ether oxygens (including phenoxy) is 2. The van der Waals surface area contributed by atoms with Gasteiger partial charge in [0, 0.05) is 19.0 Å². The summed E-state index contributed by atoms with van der Waals surface area (Å²) in [7, 11) is 0. The Hall–Kier alpha value is -1.91. The molecule has 0 spiro atoms. The van der Waals surface area contributed by atoms with Gasteiger partial charge in [-0.15, -0.1) is 0 Å². The van der Waals surface area contributed by atoms with Crippen LogP contribution < -0.4 is 10.5 Å². The van der Waals surface area contributed by atoms with Crippen molar-refractivity contribution < 1.29 is 14.3 Å². The summed E-state index contributed by atoms with van der Waals surface area (Å²) in [6, 6.07) is 7.45. The minimum Gasteiger partial charge on any atom is -0.491 e. The van der Waals surface area contributed by atoms with Crippen molar-refractivity contribution in [2.75, 3.05) is 25.4 Å². The number of likely N-dealkylation sites (tertiary alicyclic amines) is 1. The third-order valence-electron chi connectivity index (χ3n) is 3.33. The Labute approximate surface area is 126 Å². The van der Waals surface area contributed by atoms with E-state index in [4.69, 9.17) is 15.2 Å². The molecule has 1 fully saturated rings. The monoisotopic (exact) mass is 292 g/mol. The van der Waals surface area contributed by atoms with Gasteiger partial charge in [-0.3, -0.25) is 0 Å². The highest BCUT2D eigenvalue weighted by atomic mass is 16.6. The average Bonchev–Trinajstić information content (AvgIpc) is 2.85. The molecule has 2 N–H and O–H groups in total. The lowest BCUT2D eigenvalue weighted by Crippen LogP contribution is -2.35. The minimum absolute atomic E-state index is 0.246. The summed E-state index contributed by atoms with van der Waals surface area (Å²) in [4.78, 5) is 13.7. The molecule has 0 bridgehead atoms. The van der Waals surface area contributed by atoms with E-state index in [0.717, 1.165) is 6.42 Å². The summed E-state index contributed by atoms with van der Waals surface area (Å²) in [5.41, 5.74) is 6.02. The lowest BCUT2D eigenvalue weighted by molar-refractivity contribution is 0.0285. The highest BCUT2D eigenvalue weighted by Gasteiger charge is 2.30. The maximum absolute atomic E-state index is 12.0. The van der Waals surface area contributed by atoms with Gasteiger partial charge in [0.2, 0.25) is 0 Å². The lowest BCUT2D eigenvalue weighted by atomic mass is 10.1. The third kappa shape index (κ3) is 4.55. The fourth-order valence-electron chi connectivity index (χ4n) is 2.28. The molecule has 1 aromatic carbocycles. The number of nitrogens with zero attached hydrogens (tertiary/aromatic N) is 1. The number of para-hydroxylation sites is 2. The predicted octanol–water partition coefficient (Wildman–Crippen LogP) is 2.90. The zero-order valence-corrected chi connectivity index (χ0v) is 13.0. The lowest BCUT2D eigenvalue weighted by Gasteiger charge is -2.24. The number of nitrogens with two attached hydrogens (primary N) is 1. The zero-order chi connectivity index (χ0) is 15.5. The minimum atomic E-state index is -0.454.